The predicted octanol–water partition coefficient (Wildman–Crippen LogP) is 5.38. The van der Waals surface area contributed by atoms with Crippen molar-refractivity contribution in [1.29, 1.82) is 0 Å². The Kier molecular flexibility index (Phi) is 6.24. The number of nitrogen functional groups attached to an aromatic ring is 1. The molecule has 1 spiro atoms. The van der Waals surface area contributed by atoms with Gasteiger partial charge in [-0.1, -0.05) is 18.2 Å². The molecule has 0 bridgehead atoms. The minimum Gasteiger partial charge on any atom is -0.457 e. The van der Waals surface area contributed by atoms with Crippen molar-refractivity contribution in [2.24, 2.45) is 5.41 Å². The van der Waals surface area contributed by atoms with E-state index in [1.807, 2.05) is 54.6 Å². The lowest BCUT2D eigenvalue weighted by Crippen LogP contribution is -2.60. The van der Waals surface area contributed by atoms with Gasteiger partial charge in [-0.05, 0) is 100 Å². The zero-order chi connectivity index (χ0) is 26.4. The number of fused-ring (bicyclic) bond motifs is 1. The number of nitrogens with zero attached hydrogens (tertiary/aromatic N) is 6. The lowest BCUT2D eigenvalue weighted by molar-refractivity contribution is -0.0103. The van der Waals surface area contributed by atoms with Crippen LogP contribution >= 0.6 is 0 Å². The van der Waals surface area contributed by atoms with Gasteiger partial charge in [-0.3, -0.25) is 4.90 Å². The Bertz CT molecular complexity index is 1430. The number of anilines is 1. The lowest BCUT2D eigenvalue weighted by Gasteiger charge is -2.51. The molecule has 0 atom stereocenters. The van der Waals surface area contributed by atoms with E-state index in [0.717, 1.165) is 52.7 Å². The van der Waals surface area contributed by atoms with Gasteiger partial charge in [-0.25, -0.2) is 14.6 Å². The largest absolute Gasteiger partial charge is 0.457 e. The van der Waals surface area contributed by atoms with Crippen molar-refractivity contribution in [2.75, 3.05) is 39.0 Å². The summed E-state index contributed by atoms with van der Waals surface area (Å²) < 4.78 is 8.13. The van der Waals surface area contributed by atoms with Crippen molar-refractivity contribution in [2.45, 2.75) is 50.6 Å². The summed E-state index contributed by atoms with van der Waals surface area (Å²) in [7, 11) is 2.22. The molecule has 0 radical (unpaired) electrons. The molecule has 2 aliphatic heterocycles. The molecule has 3 aliphatic rings. The van der Waals surface area contributed by atoms with Crippen LogP contribution in [0.15, 0.2) is 60.9 Å². The number of likely N-dealkylation sites (N-methyl/N-ethyl adjacent to an activating group) is 1. The first-order valence-corrected chi connectivity index (χ1v) is 14.3. The first-order chi connectivity index (χ1) is 19.1. The number of para-hydroxylation sites is 1. The van der Waals surface area contributed by atoms with E-state index in [4.69, 9.17) is 15.6 Å². The number of rotatable bonds is 5. The van der Waals surface area contributed by atoms with E-state index in [9.17, 15) is 0 Å². The Hall–Kier alpha value is -3.49. The molecule has 2 N–H and O–H groups in total. The molecule has 3 fully saturated rings. The second-order valence-corrected chi connectivity index (χ2v) is 11.8. The van der Waals surface area contributed by atoms with Crippen LogP contribution in [0.2, 0.25) is 0 Å². The molecule has 202 valence electrons. The summed E-state index contributed by atoms with van der Waals surface area (Å²) in [5.41, 5.74) is 9.57. The van der Waals surface area contributed by atoms with Crippen LogP contribution in [0.4, 0.5) is 5.82 Å². The van der Waals surface area contributed by atoms with Crippen molar-refractivity contribution >= 4 is 16.9 Å². The van der Waals surface area contributed by atoms with Crippen LogP contribution in [-0.4, -0.2) is 68.8 Å². The highest BCUT2D eigenvalue weighted by molar-refractivity contribution is 5.98. The van der Waals surface area contributed by atoms with Crippen LogP contribution in [0, 0.1) is 5.41 Å². The number of hydrogen-bond donors (Lipinski definition) is 1. The molecule has 7 rings (SSSR count). The van der Waals surface area contributed by atoms with Crippen LogP contribution < -0.4 is 10.5 Å². The maximum absolute atomic E-state index is 6.41. The molecule has 39 heavy (non-hydrogen) atoms. The fourth-order valence-corrected chi connectivity index (χ4v) is 6.98. The monoisotopic (exact) mass is 523 g/mol. The predicted molar refractivity (Wildman–Crippen MR) is 154 cm³/mol. The van der Waals surface area contributed by atoms with Crippen molar-refractivity contribution in [3.05, 3.63) is 60.9 Å². The van der Waals surface area contributed by atoms with Crippen LogP contribution in [-0.2, 0) is 0 Å². The number of likely N-dealkylation sites (tertiary alicyclic amines) is 2. The molecule has 1 aliphatic carbocycles. The third kappa shape index (κ3) is 4.66. The van der Waals surface area contributed by atoms with E-state index >= 15 is 0 Å². The summed E-state index contributed by atoms with van der Waals surface area (Å²) in [4.78, 5) is 14.1. The summed E-state index contributed by atoms with van der Waals surface area (Å²) in [6.07, 6.45) is 9.02. The molecule has 0 unspecified atom stereocenters. The van der Waals surface area contributed by atoms with Crippen molar-refractivity contribution in [3.8, 4) is 22.8 Å². The van der Waals surface area contributed by atoms with E-state index in [-0.39, 0.29) is 0 Å². The van der Waals surface area contributed by atoms with E-state index in [2.05, 4.69) is 31.5 Å². The molecule has 2 saturated heterocycles. The number of ether oxygens (including phenoxy) is 1. The molecule has 1 saturated carbocycles. The molecular formula is C31H37N7O. The van der Waals surface area contributed by atoms with Crippen LogP contribution in [0.1, 0.15) is 44.6 Å². The topological polar surface area (TPSA) is 85.3 Å². The Morgan fingerprint density at radius 3 is 2.23 bits per heavy atom. The Morgan fingerprint density at radius 1 is 0.846 bits per heavy atom. The summed E-state index contributed by atoms with van der Waals surface area (Å²) in [5.74, 6) is 2.08. The Morgan fingerprint density at radius 2 is 1.54 bits per heavy atom. The number of hydrogen-bond acceptors (Lipinski definition) is 7. The van der Waals surface area contributed by atoms with Gasteiger partial charge in [0.1, 0.15) is 29.3 Å². The van der Waals surface area contributed by atoms with Crippen molar-refractivity contribution in [3.63, 3.8) is 0 Å². The van der Waals surface area contributed by atoms with E-state index in [1.165, 1.54) is 51.9 Å². The normalized spacial score (nSPS) is 20.8. The summed E-state index contributed by atoms with van der Waals surface area (Å²) in [5, 5.41) is 5.97. The number of aromatic nitrogens is 4. The van der Waals surface area contributed by atoms with Gasteiger partial charge in [0.05, 0.1) is 11.4 Å². The Balaban J connectivity index is 1.09. The van der Waals surface area contributed by atoms with Crippen LogP contribution in [0.25, 0.3) is 22.3 Å². The quantitative estimate of drug-likeness (QED) is 0.376. The minimum absolute atomic E-state index is 0.333. The first kappa shape index (κ1) is 24.5. The minimum atomic E-state index is 0.333. The van der Waals surface area contributed by atoms with Crippen LogP contribution in [0.3, 0.4) is 0 Å². The van der Waals surface area contributed by atoms with Crippen molar-refractivity contribution in [1.82, 2.24) is 29.5 Å². The van der Waals surface area contributed by atoms with Gasteiger partial charge in [0, 0.05) is 24.7 Å². The average molecular weight is 524 g/mol. The van der Waals surface area contributed by atoms with Gasteiger partial charge >= 0.3 is 0 Å². The molecule has 4 aromatic rings. The van der Waals surface area contributed by atoms with E-state index in [0.29, 0.717) is 17.3 Å². The fourth-order valence-electron chi connectivity index (χ4n) is 6.98. The fraction of sp³-hybridized carbons (Fsp3) is 0.452. The number of piperidine rings is 1. The Labute approximate surface area is 229 Å². The maximum atomic E-state index is 6.41. The average Bonchev–Trinajstić information content (AvgIpc) is 3.34. The molecule has 4 heterocycles. The van der Waals surface area contributed by atoms with Gasteiger partial charge < -0.3 is 15.4 Å². The number of nitrogens with two attached hydrogens (primary N) is 1. The number of benzene rings is 2. The maximum Gasteiger partial charge on any atom is 0.164 e. The summed E-state index contributed by atoms with van der Waals surface area (Å²) in [6, 6.07) is 19.0. The first-order valence-electron chi connectivity index (χ1n) is 14.3. The standard InChI is InChI=1S/C31H37N7O/c1-36-19-24(20-36)37-17-15-31(16-18-37)13-11-23(12-14-31)38-30-27(29(32)33-21-34-30)28(35-38)22-7-9-26(10-8-22)39-25-5-3-2-4-6-25/h2-10,21,23-24H,11-20H2,1H3,(H2,32,33,34). The zero-order valence-electron chi connectivity index (χ0n) is 22.7. The molecule has 2 aromatic heterocycles. The molecule has 8 nitrogen and oxygen atoms in total. The molecule has 2 aromatic carbocycles. The lowest BCUT2D eigenvalue weighted by atomic mass is 9.66. The molecule has 0 amide bonds. The smallest absolute Gasteiger partial charge is 0.164 e. The summed E-state index contributed by atoms with van der Waals surface area (Å²) in [6.45, 7) is 4.98. The van der Waals surface area contributed by atoms with Crippen molar-refractivity contribution < 1.29 is 4.74 Å². The van der Waals surface area contributed by atoms with Gasteiger partial charge in [0.25, 0.3) is 0 Å². The van der Waals surface area contributed by atoms with Gasteiger partial charge in [-0.15, -0.1) is 0 Å². The van der Waals surface area contributed by atoms with Gasteiger partial charge in [0.15, 0.2) is 5.65 Å². The highest BCUT2D eigenvalue weighted by Gasteiger charge is 2.41. The second kappa shape index (κ2) is 9.92. The third-order valence-electron chi connectivity index (χ3n) is 9.41. The van der Waals surface area contributed by atoms with Gasteiger partial charge in [0.2, 0.25) is 0 Å². The van der Waals surface area contributed by atoms with Crippen LogP contribution in [0.5, 0.6) is 11.5 Å². The summed E-state index contributed by atoms with van der Waals surface area (Å²) >= 11 is 0. The molecule has 8 heteroatoms. The van der Waals surface area contributed by atoms with Gasteiger partial charge in [-0.2, -0.15) is 5.10 Å². The highest BCUT2D eigenvalue weighted by Crippen LogP contribution is 2.48. The highest BCUT2D eigenvalue weighted by atomic mass is 16.5. The van der Waals surface area contributed by atoms with E-state index < -0.39 is 0 Å². The SMILES string of the molecule is CN1CC(N2CCC3(CCC(n4nc(-c5ccc(Oc6ccccc6)cc5)c5c(N)ncnc54)CC3)CC2)C1. The second-order valence-electron chi connectivity index (χ2n) is 11.8. The van der Waals surface area contributed by atoms with E-state index in [1.54, 1.807) is 6.33 Å². The molecular weight excluding hydrogens is 486 g/mol. The third-order valence-corrected chi connectivity index (χ3v) is 9.41. The zero-order valence-corrected chi connectivity index (χ0v) is 22.7.